The Kier molecular flexibility index (Phi) is 5.16. The Hall–Kier alpha value is -2.19. The number of aliphatic hydroxyl groups is 2. The molecule has 2 N–H and O–H groups in total. The van der Waals surface area contributed by atoms with Crippen molar-refractivity contribution in [3.8, 4) is 0 Å². The fourth-order valence-corrected chi connectivity index (χ4v) is 4.76. The van der Waals surface area contributed by atoms with Gasteiger partial charge in [0.15, 0.2) is 12.2 Å². The first kappa shape index (κ1) is 21.5. The Labute approximate surface area is 169 Å². The van der Waals surface area contributed by atoms with Gasteiger partial charge >= 0.3 is 17.9 Å². The van der Waals surface area contributed by atoms with E-state index in [0.717, 1.165) is 0 Å². The van der Waals surface area contributed by atoms with Crippen LogP contribution < -0.4 is 0 Å². The van der Waals surface area contributed by atoms with Gasteiger partial charge in [0.1, 0.15) is 11.7 Å². The van der Waals surface area contributed by atoms with Crippen LogP contribution in [0.2, 0.25) is 0 Å². The molecule has 8 heteroatoms. The van der Waals surface area contributed by atoms with E-state index in [2.05, 4.69) is 6.58 Å². The summed E-state index contributed by atoms with van der Waals surface area (Å²) in [7, 11) is 0. The van der Waals surface area contributed by atoms with Crippen LogP contribution in [0.1, 0.15) is 34.6 Å². The van der Waals surface area contributed by atoms with Crippen molar-refractivity contribution in [1.29, 1.82) is 0 Å². The van der Waals surface area contributed by atoms with Crippen LogP contribution in [0.25, 0.3) is 0 Å². The van der Waals surface area contributed by atoms with E-state index < -0.39 is 71.1 Å². The van der Waals surface area contributed by atoms with Crippen molar-refractivity contribution in [2.45, 2.75) is 64.1 Å². The number of ether oxygens (including phenoxy) is 3. The summed E-state index contributed by atoms with van der Waals surface area (Å²) in [6.45, 7) is 11.3. The number of carbonyl (C=O) groups excluding carboxylic acids is 3. The largest absolute Gasteiger partial charge is 0.458 e. The molecule has 0 amide bonds. The fraction of sp³-hybridized carbons (Fsp3) is 0.667. The predicted octanol–water partition coefficient (Wildman–Crippen LogP) is 0.901. The summed E-state index contributed by atoms with van der Waals surface area (Å²) in [5.74, 6) is -4.78. The number of esters is 3. The predicted molar refractivity (Wildman–Crippen MR) is 100 cm³/mol. The third-order valence-corrected chi connectivity index (χ3v) is 6.24. The Balaban J connectivity index is 2.19. The fourth-order valence-electron chi connectivity index (χ4n) is 4.76. The maximum Gasteiger partial charge on any atom is 0.334 e. The molecule has 160 valence electrons. The average Bonchev–Trinajstić information content (AvgIpc) is 3.04. The second-order valence-corrected chi connectivity index (χ2v) is 8.87. The van der Waals surface area contributed by atoms with Gasteiger partial charge in [0.2, 0.25) is 0 Å². The Morgan fingerprint density at radius 2 is 1.86 bits per heavy atom. The van der Waals surface area contributed by atoms with E-state index in [1.807, 2.05) is 0 Å². The summed E-state index contributed by atoms with van der Waals surface area (Å²) in [6, 6.07) is 0. The first-order valence-corrected chi connectivity index (χ1v) is 9.70. The highest BCUT2D eigenvalue weighted by molar-refractivity contribution is 5.91. The number of hydrogen-bond donors (Lipinski definition) is 2. The van der Waals surface area contributed by atoms with Gasteiger partial charge in [0.05, 0.1) is 17.4 Å². The van der Waals surface area contributed by atoms with Gasteiger partial charge < -0.3 is 24.4 Å². The number of hydrogen-bond acceptors (Lipinski definition) is 8. The molecule has 0 aromatic heterocycles. The van der Waals surface area contributed by atoms with Gasteiger partial charge in [-0.2, -0.15) is 0 Å². The summed E-state index contributed by atoms with van der Waals surface area (Å²) in [5, 5.41) is 22.5. The minimum atomic E-state index is -1.72. The molecule has 1 heterocycles. The zero-order valence-corrected chi connectivity index (χ0v) is 17.2. The Morgan fingerprint density at radius 3 is 2.41 bits per heavy atom. The average molecular weight is 408 g/mol. The van der Waals surface area contributed by atoms with Crippen LogP contribution >= 0.6 is 0 Å². The highest BCUT2D eigenvalue weighted by Gasteiger charge is 2.66. The molecule has 2 fully saturated rings. The van der Waals surface area contributed by atoms with E-state index in [-0.39, 0.29) is 5.57 Å². The zero-order chi connectivity index (χ0) is 21.9. The van der Waals surface area contributed by atoms with Crippen LogP contribution in [0.3, 0.4) is 0 Å². The van der Waals surface area contributed by atoms with Crippen LogP contribution in [0.5, 0.6) is 0 Å². The molecule has 29 heavy (non-hydrogen) atoms. The van der Waals surface area contributed by atoms with Gasteiger partial charge in [-0.3, -0.25) is 9.59 Å². The highest BCUT2D eigenvalue weighted by Crippen LogP contribution is 2.54. The van der Waals surface area contributed by atoms with Gasteiger partial charge in [-0.15, -0.1) is 0 Å². The van der Waals surface area contributed by atoms with Crippen molar-refractivity contribution in [2.24, 2.45) is 23.7 Å². The minimum Gasteiger partial charge on any atom is -0.458 e. The topological polar surface area (TPSA) is 119 Å². The van der Waals surface area contributed by atoms with E-state index in [4.69, 9.17) is 14.2 Å². The molecular formula is C21H28O8. The molecule has 0 radical (unpaired) electrons. The SMILES string of the molecule is C=C1C(=O)O[C@H]2[C@H]1[C@@H](OC(=O)C(C)C)[C@@H](OC(C)=O)[C@@](C)(O)[C@@H]1C=C[C@@](C)(O)[C@H]21. The van der Waals surface area contributed by atoms with E-state index in [1.54, 1.807) is 26.8 Å². The second kappa shape index (κ2) is 6.95. The molecule has 8 atom stereocenters. The summed E-state index contributed by atoms with van der Waals surface area (Å²) >= 11 is 0. The minimum absolute atomic E-state index is 0.0489. The molecule has 3 rings (SSSR count). The van der Waals surface area contributed by atoms with Crippen molar-refractivity contribution in [3.05, 3.63) is 24.3 Å². The lowest BCUT2D eigenvalue weighted by atomic mass is 9.73. The van der Waals surface area contributed by atoms with Crippen molar-refractivity contribution in [1.82, 2.24) is 0 Å². The monoisotopic (exact) mass is 408 g/mol. The maximum absolute atomic E-state index is 12.5. The van der Waals surface area contributed by atoms with E-state index >= 15 is 0 Å². The number of rotatable bonds is 3. The van der Waals surface area contributed by atoms with Crippen LogP contribution in [0, 0.1) is 23.7 Å². The summed E-state index contributed by atoms with van der Waals surface area (Å²) in [4.78, 5) is 36.7. The molecule has 2 aliphatic carbocycles. The molecule has 0 aromatic carbocycles. The van der Waals surface area contributed by atoms with Crippen molar-refractivity contribution in [2.75, 3.05) is 0 Å². The van der Waals surface area contributed by atoms with Crippen LogP contribution in [0.15, 0.2) is 24.3 Å². The Bertz CT molecular complexity index is 778. The lowest BCUT2D eigenvalue weighted by Crippen LogP contribution is -2.56. The van der Waals surface area contributed by atoms with Gasteiger partial charge in [-0.05, 0) is 13.8 Å². The number of carbonyl (C=O) groups is 3. The molecular weight excluding hydrogens is 380 g/mol. The van der Waals surface area contributed by atoms with Gasteiger partial charge in [-0.25, -0.2) is 4.79 Å². The molecule has 8 nitrogen and oxygen atoms in total. The zero-order valence-electron chi connectivity index (χ0n) is 17.2. The van der Waals surface area contributed by atoms with Crippen molar-refractivity contribution < 1.29 is 38.8 Å². The standard InChI is InChI=1S/C21H28O8/c1-9(2)18(23)29-16-13-10(3)19(24)28-15(13)14-12(7-8-20(14,5)25)21(6,26)17(16)27-11(4)22/h7-9,12-17,25-26H,3H2,1-2,4-6H3/t12-,13+,14+,15+,16-,17-,20-,21+/m1/s1. The molecule has 1 saturated heterocycles. The molecule has 0 aromatic rings. The molecule has 1 saturated carbocycles. The molecule has 1 aliphatic heterocycles. The lowest BCUT2D eigenvalue weighted by Gasteiger charge is -2.40. The molecule has 0 bridgehead atoms. The third kappa shape index (κ3) is 3.38. The normalized spacial score (nSPS) is 43.4. The molecule has 3 aliphatic rings. The first-order valence-electron chi connectivity index (χ1n) is 9.70. The summed E-state index contributed by atoms with van der Waals surface area (Å²) in [5.41, 5.74) is -3.07. The first-order chi connectivity index (χ1) is 13.3. The smallest absolute Gasteiger partial charge is 0.334 e. The van der Waals surface area contributed by atoms with Gasteiger partial charge in [0.25, 0.3) is 0 Å². The Morgan fingerprint density at radius 1 is 1.24 bits per heavy atom. The van der Waals surface area contributed by atoms with Crippen molar-refractivity contribution in [3.63, 3.8) is 0 Å². The van der Waals surface area contributed by atoms with E-state index in [1.165, 1.54) is 19.9 Å². The highest BCUT2D eigenvalue weighted by atomic mass is 16.6. The molecule has 0 unspecified atom stereocenters. The van der Waals surface area contributed by atoms with Gasteiger partial charge in [-0.1, -0.05) is 32.6 Å². The molecule has 0 spiro atoms. The quantitative estimate of drug-likeness (QED) is 0.306. The summed E-state index contributed by atoms with van der Waals surface area (Å²) in [6.07, 6.45) is -0.257. The third-order valence-electron chi connectivity index (χ3n) is 6.24. The van der Waals surface area contributed by atoms with Gasteiger partial charge in [0, 0.05) is 24.3 Å². The van der Waals surface area contributed by atoms with Crippen LogP contribution in [-0.4, -0.2) is 57.6 Å². The van der Waals surface area contributed by atoms with Crippen LogP contribution in [-0.2, 0) is 28.6 Å². The van der Waals surface area contributed by atoms with E-state index in [9.17, 15) is 24.6 Å². The van der Waals surface area contributed by atoms with Crippen molar-refractivity contribution >= 4 is 17.9 Å². The van der Waals surface area contributed by atoms with E-state index in [0.29, 0.717) is 0 Å². The second-order valence-electron chi connectivity index (χ2n) is 8.87. The van der Waals surface area contributed by atoms with Crippen LogP contribution in [0.4, 0.5) is 0 Å². The number of fused-ring (bicyclic) bond motifs is 3. The lowest BCUT2D eigenvalue weighted by molar-refractivity contribution is -0.197. The maximum atomic E-state index is 12.5. The summed E-state index contributed by atoms with van der Waals surface area (Å²) < 4.78 is 16.7.